The third kappa shape index (κ3) is 4.95. The third-order valence-corrected chi connectivity index (χ3v) is 5.32. The number of aliphatic hydroxyl groups excluding tert-OH is 1. The number of halogens is 3. The Hall–Kier alpha value is -1.31. The van der Waals surface area contributed by atoms with E-state index in [2.05, 4.69) is 15.7 Å². The molecule has 1 aliphatic heterocycles. The summed E-state index contributed by atoms with van der Waals surface area (Å²) < 4.78 is 1.74. The second-order valence-electron chi connectivity index (χ2n) is 6.62. The largest absolute Gasteiger partial charge is 0.391 e. The highest BCUT2D eigenvalue weighted by Crippen LogP contribution is 2.27. The van der Waals surface area contributed by atoms with E-state index in [1.54, 1.807) is 16.8 Å². The highest BCUT2D eigenvalue weighted by atomic mass is 35.5. The van der Waals surface area contributed by atoms with Crippen LogP contribution in [0.1, 0.15) is 17.0 Å². The first-order valence-electron chi connectivity index (χ1n) is 8.52. The van der Waals surface area contributed by atoms with Crippen LogP contribution in [0.15, 0.2) is 18.2 Å². The van der Waals surface area contributed by atoms with Crippen LogP contribution < -0.4 is 10.6 Å². The number of nitrogens with zero attached hydrogens (tertiary/aromatic N) is 2. The monoisotopic (exact) mass is 432 g/mol. The summed E-state index contributed by atoms with van der Waals surface area (Å²) in [6, 6.07) is 5.23. The number of hydrogen-bond donors (Lipinski definition) is 3. The molecular formula is C18H23Cl3N4O2. The lowest BCUT2D eigenvalue weighted by Gasteiger charge is -2.14. The van der Waals surface area contributed by atoms with E-state index in [-0.39, 0.29) is 30.7 Å². The van der Waals surface area contributed by atoms with Crippen LogP contribution in [0.25, 0.3) is 5.69 Å². The number of carbonyl (C=O) groups is 1. The Kier molecular flexibility index (Phi) is 7.54. The molecular weight excluding hydrogens is 411 g/mol. The minimum absolute atomic E-state index is 0. The van der Waals surface area contributed by atoms with E-state index >= 15 is 0 Å². The molecule has 148 valence electrons. The number of β-amino-alcohol motifs (C(OH)–C–C–N with tert-alkyl or cyclic N) is 1. The summed E-state index contributed by atoms with van der Waals surface area (Å²) in [5.41, 5.74) is 3.25. The number of carbonyl (C=O) groups excluding carboxylic acids is 1. The third-order valence-electron chi connectivity index (χ3n) is 4.78. The van der Waals surface area contributed by atoms with Crippen LogP contribution in [0, 0.1) is 19.8 Å². The van der Waals surface area contributed by atoms with Crippen molar-refractivity contribution in [1.29, 1.82) is 0 Å². The van der Waals surface area contributed by atoms with E-state index in [4.69, 9.17) is 23.2 Å². The highest BCUT2D eigenvalue weighted by Gasteiger charge is 2.25. The lowest BCUT2D eigenvalue weighted by molar-refractivity contribution is -0.120. The molecule has 2 atom stereocenters. The van der Waals surface area contributed by atoms with Crippen LogP contribution >= 0.6 is 35.6 Å². The van der Waals surface area contributed by atoms with Gasteiger partial charge in [0.1, 0.15) is 0 Å². The Morgan fingerprint density at radius 3 is 2.74 bits per heavy atom. The number of aliphatic hydroxyl groups is 1. The SMILES string of the molecule is Cc1nn(-c2ccc(Cl)cc2Cl)c(C)c1CC(=O)NCC1CNCC1O.Cl. The smallest absolute Gasteiger partial charge is 0.224 e. The fourth-order valence-corrected chi connectivity index (χ4v) is 3.70. The number of aryl methyl sites for hydroxylation is 1. The molecule has 3 N–H and O–H groups in total. The van der Waals surface area contributed by atoms with E-state index < -0.39 is 6.10 Å². The Labute approximate surface area is 174 Å². The zero-order chi connectivity index (χ0) is 18.8. The molecule has 1 aliphatic rings. The fraction of sp³-hybridized carbons (Fsp3) is 0.444. The average molecular weight is 434 g/mol. The first-order chi connectivity index (χ1) is 12.4. The van der Waals surface area contributed by atoms with Crippen molar-refractivity contribution in [3.05, 3.63) is 45.2 Å². The molecule has 6 nitrogen and oxygen atoms in total. The minimum Gasteiger partial charge on any atom is -0.391 e. The molecule has 9 heteroatoms. The van der Waals surface area contributed by atoms with Crippen LogP contribution in [0.4, 0.5) is 0 Å². The van der Waals surface area contributed by atoms with E-state index in [0.717, 1.165) is 22.6 Å². The summed E-state index contributed by atoms with van der Waals surface area (Å²) in [7, 11) is 0. The molecule has 2 unspecified atom stereocenters. The molecule has 0 bridgehead atoms. The predicted octanol–water partition coefficient (Wildman–Crippen LogP) is 2.46. The molecule has 0 radical (unpaired) electrons. The molecule has 2 aromatic rings. The summed E-state index contributed by atoms with van der Waals surface area (Å²) in [5.74, 6) is -0.0335. The molecule has 0 saturated carbocycles. The Morgan fingerprint density at radius 2 is 2.11 bits per heavy atom. The van der Waals surface area contributed by atoms with Gasteiger partial charge in [0.05, 0.1) is 28.9 Å². The van der Waals surface area contributed by atoms with E-state index in [1.807, 2.05) is 19.9 Å². The molecule has 1 aromatic carbocycles. The van der Waals surface area contributed by atoms with Gasteiger partial charge in [-0.05, 0) is 32.0 Å². The van der Waals surface area contributed by atoms with Gasteiger partial charge in [0.25, 0.3) is 0 Å². The van der Waals surface area contributed by atoms with Gasteiger partial charge in [0, 0.05) is 41.8 Å². The van der Waals surface area contributed by atoms with Crippen LogP contribution in [0.3, 0.4) is 0 Å². The molecule has 3 rings (SSSR count). The predicted molar refractivity (Wildman–Crippen MR) is 109 cm³/mol. The summed E-state index contributed by atoms with van der Waals surface area (Å²) in [4.78, 5) is 12.3. The van der Waals surface area contributed by atoms with Gasteiger partial charge < -0.3 is 15.7 Å². The van der Waals surface area contributed by atoms with Crippen LogP contribution in [0.2, 0.25) is 10.0 Å². The quantitative estimate of drug-likeness (QED) is 0.677. The van der Waals surface area contributed by atoms with Crippen molar-refractivity contribution in [3.63, 3.8) is 0 Å². The number of aromatic nitrogens is 2. The molecule has 27 heavy (non-hydrogen) atoms. The van der Waals surface area contributed by atoms with Crippen molar-refractivity contribution >= 4 is 41.5 Å². The van der Waals surface area contributed by atoms with Crippen molar-refractivity contribution in [2.24, 2.45) is 5.92 Å². The van der Waals surface area contributed by atoms with Crippen LogP contribution in [-0.2, 0) is 11.2 Å². The van der Waals surface area contributed by atoms with Gasteiger partial charge in [-0.3, -0.25) is 4.79 Å². The summed E-state index contributed by atoms with van der Waals surface area (Å²) >= 11 is 12.2. The van der Waals surface area contributed by atoms with E-state index in [1.165, 1.54) is 0 Å². The Balaban J connectivity index is 0.00000261. The van der Waals surface area contributed by atoms with E-state index in [0.29, 0.717) is 29.7 Å². The minimum atomic E-state index is -0.409. The number of nitrogens with one attached hydrogen (secondary N) is 2. The van der Waals surface area contributed by atoms with Crippen molar-refractivity contribution in [1.82, 2.24) is 20.4 Å². The number of hydrogen-bond acceptors (Lipinski definition) is 4. The summed E-state index contributed by atoms with van der Waals surface area (Å²) in [6.07, 6.45) is -0.173. The normalized spacial score (nSPS) is 19.0. The first-order valence-corrected chi connectivity index (χ1v) is 9.28. The van der Waals surface area contributed by atoms with Crippen LogP contribution in [-0.4, -0.2) is 46.5 Å². The van der Waals surface area contributed by atoms with Crippen molar-refractivity contribution in [3.8, 4) is 5.69 Å². The van der Waals surface area contributed by atoms with Crippen molar-refractivity contribution in [2.45, 2.75) is 26.4 Å². The van der Waals surface area contributed by atoms with Gasteiger partial charge in [-0.1, -0.05) is 23.2 Å². The molecule has 1 aromatic heterocycles. The maximum Gasteiger partial charge on any atom is 0.224 e. The lowest BCUT2D eigenvalue weighted by atomic mass is 10.1. The average Bonchev–Trinajstić information content (AvgIpc) is 3.11. The number of rotatable bonds is 5. The molecule has 1 fully saturated rings. The summed E-state index contributed by atoms with van der Waals surface area (Å²) in [5, 5.41) is 21.4. The van der Waals surface area contributed by atoms with E-state index in [9.17, 15) is 9.90 Å². The second kappa shape index (κ2) is 9.26. The number of amides is 1. The fourth-order valence-electron chi connectivity index (χ4n) is 3.21. The Bertz CT molecular complexity index is 825. The maximum atomic E-state index is 12.3. The molecule has 0 aliphatic carbocycles. The van der Waals surface area contributed by atoms with Crippen molar-refractivity contribution < 1.29 is 9.90 Å². The molecule has 2 heterocycles. The van der Waals surface area contributed by atoms with Crippen molar-refractivity contribution in [2.75, 3.05) is 19.6 Å². The Morgan fingerprint density at radius 1 is 1.37 bits per heavy atom. The zero-order valence-corrected chi connectivity index (χ0v) is 17.5. The van der Waals surface area contributed by atoms with Gasteiger partial charge in [-0.2, -0.15) is 5.10 Å². The van der Waals surface area contributed by atoms with Gasteiger partial charge in [-0.15, -0.1) is 12.4 Å². The lowest BCUT2D eigenvalue weighted by Crippen LogP contribution is -2.35. The highest BCUT2D eigenvalue weighted by molar-refractivity contribution is 6.35. The van der Waals surface area contributed by atoms with Crippen LogP contribution in [0.5, 0.6) is 0 Å². The standard InChI is InChI=1S/C18H22Cl2N4O2.ClH/c1-10-14(6-18(26)22-8-12-7-21-9-17(12)25)11(2)24(23-10)16-4-3-13(19)5-15(16)20;/h3-5,12,17,21,25H,6-9H2,1-2H3,(H,22,26);1H. The molecule has 0 spiro atoms. The summed E-state index contributed by atoms with van der Waals surface area (Å²) in [6.45, 7) is 5.54. The second-order valence-corrected chi connectivity index (χ2v) is 7.47. The van der Waals surface area contributed by atoms with Gasteiger partial charge in [-0.25, -0.2) is 4.68 Å². The van der Waals surface area contributed by atoms with Gasteiger partial charge >= 0.3 is 0 Å². The van der Waals surface area contributed by atoms with Gasteiger partial charge in [0.2, 0.25) is 5.91 Å². The first kappa shape index (κ1) is 22.0. The maximum absolute atomic E-state index is 12.3. The zero-order valence-electron chi connectivity index (χ0n) is 15.1. The molecule has 1 saturated heterocycles. The molecule has 1 amide bonds. The van der Waals surface area contributed by atoms with Gasteiger partial charge in [0.15, 0.2) is 0 Å². The number of benzene rings is 1. The topological polar surface area (TPSA) is 79.2 Å².